The van der Waals surface area contributed by atoms with Gasteiger partial charge in [-0.05, 0) is 12.0 Å². The summed E-state index contributed by atoms with van der Waals surface area (Å²) in [5.41, 5.74) is 1.04. The molecule has 1 aliphatic heterocycles. The maximum Gasteiger partial charge on any atom is 0.241 e. The SMILES string of the molecule is CN(C)C(=O)CNC(=NCc1ccccc1)NC1CCS(=O)(=O)C1.I. The monoisotopic (exact) mass is 480 g/mol. The summed E-state index contributed by atoms with van der Waals surface area (Å²) in [5, 5.41) is 6.10. The summed E-state index contributed by atoms with van der Waals surface area (Å²) in [4.78, 5) is 17.7. The first kappa shape index (κ1) is 21.7. The smallest absolute Gasteiger partial charge is 0.241 e. The standard InChI is InChI=1S/C16H24N4O3S.HI/c1-20(2)15(21)11-18-16(17-10-13-6-4-3-5-7-13)19-14-8-9-24(22,23)12-14;/h3-7,14H,8-12H2,1-2H3,(H2,17,18,19);1H. The van der Waals surface area contributed by atoms with Crippen molar-refractivity contribution in [1.82, 2.24) is 15.5 Å². The molecule has 7 nitrogen and oxygen atoms in total. The molecule has 0 aliphatic carbocycles. The van der Waals surface area contributed by atoms with Gasteiger partial charge >= 0.3 is 0 Å². The number of carbonyl (C=O) groups excluding carboxylic acids is 1. The average Bonchev–Trinajstić information content (AvgIpc) is 2.89. The van der Waals surface area contributed by atoms with Gasteiger partial charge in [-0.3, -0.25) is 4.79 Å². The van der Waals surface area contributed by atoms with E-state index in [1.165, 1.54) is 4.90 Å². The normalized spacial score (nSPS) is 19.0. The second kappa shape index (κ2) is 9.95. The van der Waals surface area contributed by atoms with Gasteiger partial charge in [-0.15, -0.1) is 24.0 Å². The van der Waals surface area contributed by atoms with E-state index in [1.807, 2.05) is 30.3 Å². The van der Waals surface area contributed by atoms with Crippen LogP contribution in [0.4, 0.5) is 0 Å². The maximum absolute atomic E-state index is 11.7. The Hall–Kier alpha value is -1.36. The number of benzene rings is 1. The fourth-order valence-electron chi connectivity index (χ4n) is 2.33. The molecule has 0 aromatic heterocycles. The molecule has 1 amide bonds. The van der Waals surface area contributed by atoms with Crippen LogP contribution in [0, 0.1) is 0 Å². The van der Waals surface area contributed by atoms with Crippen molar-refractivity contribution >= 4 is 45.7 Å². The molecule has 25 heavy (non-hydrogen) atoms. The Morgan fingerprint density at radius 2 is 1.96 bits per heavy atom. The third-order valence-electron chi connectivity index (χ3n) is 3.74. The molecule has 0 spiro atoms. The first-order valence-corrected chi connectivity index (χ1v) is 9.67. The molecule has 2 N–H and O–H groups in total. The van der Waals surface area contributed by atoms with Gasteiger partial charge in [0, 0.05) is 20.1 Å². The highest BCUT2D eigenvalue weighted by molar-refractivity contribution is 14.0. The summed E-state index contributed by atoms with van der Waals surface area (Å²) in [6, 6.07) is 9.56. The minimum absolute atomic E-state index is 0. The van der Waals surface area contributed by atoms with Gasteiger partial charge in [0.25, 0.3) is 0 Å². The van der Waals surface area contributed by atoms with E-state index in [1.54, 1.807) is 14.1 Å². The van der Waals surface area contributed by atoms with E-state index in [4.69, 9.17) is 0 Å². The lowest BCUT2D eigenvalue weighted by Gasteiger charge is -2.18. The van der Waals surface area contributed by atoms with E-state index in [0.29, 0.717) is 18.9 Å². The predicted octanol–water partition coefficient (Wildman–Crippen LogP) is 0.615. The van der Waals surface area contributed by atoms with Crippen LogP contribution >= 0.6 is 24.0 Å². The molecule has 2 rings (SSSR count). The minimum atomic E-state index is -2.97. The lowest BCUT2D eigenvalue weighted by molar-refractivity contribution is -0.127. The van der Waals surface area contributed by atoms with Gasteiger partial charge in [0.1, 0.15) is 0 Å². The van der Waals surface area contributed by atoms with Gasteiger partial charge in [0.2, 0.25) is 5.91 Å². The molecule has 1 atom stereocenters. The summed E-state index contributed by atoms with van der Waals surface area (Å²) in [6.45, 7) is 0.554. The molecule has 1 fully saturated rings. The first-order chi connectivity index (χ1) is 11.4. The van der Waals surface area contributed by atoms with Crippen LogP contribution < -0.4 is 10.6 Å². The predicted molar refractivity (Wildman–Crippen MR) is 110 cm³/mol. The Kier molecular flexibility index (Phi) is 8.63. The van der Waals surface area contributed by atoms with Crippen LogP contribution in [0.1, 0.15) is 12.0 Å². The summed E-state index contributed by atoms with van der Waals surface area (Å²) < 4.78 is 23.2. The largest absolute Gasteiger partial charge is 0.353 e. The Balaban J connectivity index is 0.00000312. The summed E-state index contributed by atoms with van der Waals surface area (Å²) >= 11 is 0. The third kappa shape index (κ3) is 7.59. The lowest BCUT2D eigenvalue weighted by atomic mass is 10.2. The van der Waals surface area contributed by atoms with E-state index in [-0.39, 0.29) is 54.0 Å². The van der Waals surface area contributed by atoms with Gasteiger partial charge < -0.3 is 15.5 Å². The highest BCUT2D eigenvalue weighted by Gasteiger charge is 2.28. The summed E-state index contributed by atoms with van der Waals surface area (Å²) in [6.07, 6.45) is 0.552. The van der Waals surface area contributed by atoms with Crippen LogP contribution in [0.25, 0.3) is 0 Å². The molecule has 0 bridgehead atoms. The van der Waals surface area contributed by atoms with E-state index < -0.39 is 9.84 Å². The van der Waals surface area contributed by atoms with Gasteiger partial charge in [0.15, 0.2) is 15.8 Å². The fraction of sp³-hybridized carbons (Fsp3) is 0.500. The van der Waals surface area contributed by atoms with Crippen molar-refractivity contribution in [3.63, 3.8) is 0 Å². The minimum Gasteiger partial charge on any atom is -0.353 e. The highest BCUT2D eigenvalue weighted by Crippen LogP contribution is 2.11. The number of likely N-dealkylation sites (N-methyl/N-ethyl adjacent to an activating group) is 1. The topological polar surface area (TPSA) is 90.9 Å². The van der Waals surface area contributed by atoms with Crippen molar-refractivity contribution in [2.45, 2.75) is 19.0 Å². The number of amides is 1. The van der Waals surface area contributed by atoms with Crippen molar-refractivity contribution in [2.75, 3.05) is 32.1 Å². The molecule has 0 radical (unpaired) electrons. The van der Waals surface area contributed by atoms with Gasteiger partial charge in [-0.2, -0.15) is 0 Å². The number of aliphatic imine (C=N–C) groups is 1. The van der Waals surface area contributed by atoms with Crippen molar-refractivity contribution in [3.8, 4) is 0 Å². The highest BCUT2D eigenvalue weighted by atomic mass is 127. The van der Waals surface area contributed by atoms with Crippen LogP contribution in [-0.4, -0.2) is 63.4 Å². The number of hydrogen-bond donors (Lipinski definition) is 2. The molecule has 9 heteroatoms. The van der Waals surface area contributed by atoms with Crippen molar-refractivity contribution < 1.29 is 13.2 Å². The number of guanidine groups is 1. The average molecular weight is 480 g/mol. The first-order valence-electron chi connectivity index (χ1n) is 7.85. The Labute approximate surface area is 166 Å². The number of nitrogens with one attached hydrogen (secondary N) is 2. The number of halogens is 1. The van der Waals surface area contributed by atoms with Crippen molar-refractivity contribution in [1.29, 1.82) is 0 Å². The number of sulfone groups is 1. The molecule has 1 heterocycles. The second-order valence-electron chi connectivity index (χ2n) is 6.04. The molecule has 1 aromatic rings. The molecule has 1 aliphatic rings. The number of nitrogens with zero attached hydrogens (tertiary/aromatic N) is 2. The van der Waals surface area contributed by atoms with Crippen LogP contribution in [0.2, 0.25) is 0 Å². The lowest BCUT2D eigenvalue weighted by Crippen LogP contribution is -2.47. The van der Waals surface area contributed by atoms with E-state index >= 15 is 0 Å². The molecule has 140 valence electrons. The van der Waals surface area contributed by atoms with Crippen LogP contribution in [0.15, 0.2) is 35.3 Å². The molecule has 1 saturated heterocycles. The Morgan fingerprint density at radius 3 is 2.52 bits per heavy atom. The van der Waals surface area contributed by atoms with Gasteiger partial charge in [-0.1, -0.05) is 30.3 Å². The van der Waals surface area contributed by atoms with Crippen LogP contribution in [0.5, 0.6) is 0 Å². The second-order valence-corrected chi connectivity index (χ2v) is 8.27. The zero-order valence-corrected chi connectivity index (χ0v) is 17.6. The van der Waals surface area contributed by atoms with E-state index in [0.717, 1.165) is 5.56 Å². The molecular formula is C16H25IN4O3S. The number of carbonyl (C=O) groups is 1. The Morgan fingerprint density at radius 1 is 1.28 bits per heavy atom. The fourth-order valence-corrected chi connectivity index (χ4v) is 4.00. The number of hydrogen-bond acceptors (Lipinski definition) is 4. The zero-order valence-electron chi connectivity index (χ0n) is 14.4. The third-order valence-corrected chi connectivity index (χ3v) is 5.51. The summed E-state index contributed by atoms with van der Waals surface area (Å²) in [7, 11) is 0.391. The van der Waals surface area contributed by atoms with Crippen molar-refractivity contribution in [2.24, 2.45) is 4.99 Å². The Bertz CT molecular complexity index is 693. The molecule has 1 unspecified atom stereocenters. The zero-order chi connectivity index (χ0) is 17.6. The molecule has 1 aromatic carbocycles. The van der Waals surface area contributed by atoms with Crippen LogP contribution in [-0.2, 0) is 21.2 Å². The van der Waals surface area contributed by atoms with Crippen LogP contribution in [0.3, 0.4) is 0 Å². The van der Waals surface area contributed by atoms with Gasteiger partial charge in [-0.25, -0.2) is 13.4 Å². The summed E-state index contributed by atoms with van der Waals surface area (Å²) in [5.74, 6) is 0.660. The van der Waals surface area contributed by atoms with Gasteiger partial charge in [0.05, 0.1) is 24.6 Å². The number of rotatable bonds is 5. The molecule has 0 saturated carbocycles. The van der Waals surface area contributed by atoms with E-state index in [9.17, 15) is 13.2 Å². The van der Waals surface area contributed by atoms with Crippen molar-refractivity contribution in [3.05, 3.63) is 35.9 Å². The molecular weight excluding hydrogens is 455 g/mol. The quantitative estimate of drug-likeness (QED) is 0.367. The van der Waals surface area contributed by atoms with E-state index in [2.05, 4.69) is 15.6 Å². The maximum atomic E-state index is 11.7.